The van der Waals surface area contributed by atoms with Gasteiger partial charge < -0.3 is 4.74 Å². The molecule has 134 valence electrons. The standard InChI is InChI=1S/C25H19BOS/c1-16-10-13-23-20(14-16)26-19-15-18(17-6-3-2-4-7-17)11-12-21(19)27-22-8-5-9-24(28-23)25(22)26/h2-15,19,21H,1H3. The fourth-order valence-corrected chi connectivity index (χ4v) is 5.92. The van der Waals surface area contributed by atoms with Gasteiger partial charge in [-0.3, -0.25) is 0 Å². The second-order valence-electron chi connectivity index (χ2n) is 7.80. The third-order valence-corrected chi connectivity index (χ3v) is 7.20. The first-order valence-corrected chi connectivity index (χ1v) is 10.6. The van der Waals surface area contributed by atoms with Gasteiger partial charge in [0.1, 0.15) is 11.9 Å². The largest absolute Gasteiger partial charge is 0.487 e. The fourth-order valence-electron chi connectivity index (χ4n) is 4.76. The minimum Gasteiger partial charge on any atom is -0.487 e. The Morgan fingerprint density at radius 1 is 0.929 bits per heavy atom. The number of fused-ring (bicyclic) bond motifs is 4. The maximum Gasteiger partial charge on any atom is 0.228 e. The number of rotatable bonds is 1. The van der Waals surface area contributed by atoms with Crippen molar-refractivity contribution >= 4 is 35.0 Å². The molecule has 3 aromatic rings. The summed E-state index contributed by atoms with van der Waals surface area (Å²) < 4.78 is 6.47. The topological polar surface area (TPSA) is 9.23 Å². The summed E-state index contributed by atoms with van der Waals surface area (Å²) in [7, 11) is 0. The van der Waals surface area contributed by atoms with Crippen molar-refractivity contribution in [3.05, 3.63) is 96.1 Å². The Morgan fingerprint density at radius 2 is 1.82 bits per heavy atom. The van der Waals surface area contributed by atoms with Gasteiger partial charge in [0.25, 0.3) is 0 Å². The van der Waals surface area contributed by atoms with E-state index in [1.165, 1.54) is 37.4 Å². The molecule has 0 saturated carbocycles. The van der Waals surface area contributed by atoms with E-state index in [1.54, 1.807) is 0 Å². The van der Waals surface area contributed by atoms with Crippen molar-refractivity contribution < 1.29 is 4.74 Å². The molecule has 0 radical (unpaired) electrons. The van der Waals surface area contributed by atoms with Crippen LogP contribution >= 0.6 is 11.8 Å². The lowest BCUT2D eigenvalue weighted by atomic mass is 9.31. The monoisotopic (exact) mass is 378 g/mol. The third-order valence-electron chi connectivity index (χ3n) is 6.03. The van der Waals surface area contributed by atoms with Crippen LogP contribution in [0, 0.1) is 6.92 Å². The Bertz CT molecular complexity index is 1150. The maximum atomic E-state index is 6.47. The number of benzene rings is 3. The number of hydrogen-bond acceptors (Lipinski definition) is 2. The van der Waals surface area contributed by atoms with Gasteiger partial charge in [0.05, 0.1) is 0 Å². The zero-order valence-corrected chi connectivity index (χ0v) is 16.4. The first kappa shape index (κ1) is 16.3. The highest BCUT2D eigenvalue weighted by Gasteiger charge is 2.45. The zero-order chi connectivity index (χ0) is 18.7. The lowest BCUT2D eigenvalue weighted by Crippen LogP contribution is -2.57. The quantitative estimate of drug-likeness (QED) is 0.560. The molecule has 6 rings (SSSR count). The molecule has 0 amide bonds. The van der Waals surface area contributed by atoms with Crippen molar-refractivity contribution in [2.24, 2.45) is 0 Å². The molecular weight excluding hydrogens is 359 g/mol. The van der Waals surface area contributed by atoms with E-state index in [4.69, 9.17) is 4.74 Å². The van der Waals surface area contributed by atoms with Crippen LogP contribution in [-0.2, 0) is 0 Å². The minimum atomic E-state index is 0.0803. The van der Waals surface area contributed by atoms with Crippen molar-refractivity contribution in [3.8, 4) is 5.75 Å². The number of allylic oxidation sites excluding steroid dienone is 2. The molecule has 0 aromatic heterocycles. The van der Waals surface area contributed by atoms with Crippen LogP contribution in [0.2, 0.25) is 5.82 Å². The second-order valence-corrected chi connectivity index (χ2v) is 8.88. The first-order chi connectivity index (χ1) is 13.8. The van der Waals surface area contributed by atoms with Gasteiger partial charge >= 0.3 is 0 Å². The Hall–Kier alpha value is -2.65. The molecule has 2 heterocycles. The molecule has 0 N–H and O–H groups in total. The number of aryl methyl sites for hydroxylation is 1. The van der Waals surface area contributed by atoms with Crippen LogP contribution < -0.4 is 15.7 Å². The van der Waals surface area contributed by atoms with Crippen LogP contribution in [0.4, 0.5) is 0 Å². The molecule has 3 heteroatoms. The summed E-state index contributed by atoms with van der Waals surface area (Å²) in [5.41, 5.74) is 6.69. The predicted molar refractivity (Wildman–Crippen MR) is 118 cm³/mol. The Kier molecular flexibility index (Phi) is 3.60. The molecule has 0 spiro atoms. The van der Waals surface area contributed by atoms with E-state index in [2.05, 4.69) is 91.9 Å². The van der Waals surface area contributed by atoms with Crippen LogP contribution in [0.15, 0.2) is 94.7 Å². The van der Waals surface area contributed by atoms with Crippen molar-refractivity contribution in [3.63, 3.8) is 0 Å². The van der Waals surface area contributed by atoms with Gasteiger partial charge in [-0.15, -0.1) is 0 Å². The minimum absolute atomic E-state index is 0.0803. The summed E-state index contributed by atoms with van der Waals surface area (Å²) in [4.78, 5) is 2.71. The molecule has 0 bridgehead atoms. The SMILES string of the molecule is Cc1ccc2c(c1)B1c3c(cccc3S2)OC2C=CC(c3ccccc3)=CC12. The lowest BCUT2D eigenvalue weighted by Gasteiger charge is -2.41. The summed E-state index contributed by atoms with van der Waals surface area (Å²) in [6.07, 6.45) is 6.99. The Labute approximate surface area is 170 Å². The predicted octanol–water partition coefficient (Wildman–Crippen LogP) is 4.85. The summed E-state index contributed by atoms with van der Waals surface area (Å²) in [5.74, 6) is 1.35. The van der Waals surface area contributed by atoms with Crippen LogP contribution in [0.5, 0.6) is 5.75 Å². The molecule has 2 aliphatic heterocycles. The smallest absolute Gasteiger partial charge is 0.228 e. The van der Waals surface area contributed by atoms with Gasteiger partial charge in [0.15, 0.2) is 0 Å². The van der Waals surface area contributed by atoms with E-state index in [9.17, 15) is 0 Å². The molecule has 0 saturated heterocycles. The van der Waals surface area contributed by atoms with E-state index in [0.717, 1.165) is 5.75 Å². The number of ether oxygens (including phenoxy) is 1. The molecule has 2 unspecified atom stereocenters. The van der Waals surface area contributed by atoms with Crippen LogP contribution in [0.1, 0.15) is 11.1 Å². The highest BCUT2D eigenvalue weighted by Crippen LogP contribution is 2.42. The lowest BCUT2D eigenvalue weighted by molar-refractivity contribution is 0.247. The van der Waals surface area contributed by atoms with Crippen molar-refractivity contribution in [1.82, 2.24) is 0 Å². The summed E-state index contributed by atoms with van der Waals surface area (Å²) >= 11 is 1.88. The van der Waals surface area contributed by atoms with Crippen LogP contribution in [0.25, 0.3) is 5.57 Å². The molecule has 1 aliphatic carbocycles. The fraction of sp³-hybridized carbons (Fsp3) is 0.120. The highest BCUT2D eigenvalue weighted by atomic mass is 32.2. The second kappa shape index (κ2) is 6.18. The average molecular weight is 378 g/mol. The number of hydrogen-bond donors (Lipinski definition) is 0. The van der Waals surface area contributed by atoms with Gasteiger partial charge in [-0.1, -0.05) is 83.5 Å². The van der Waals surface area contributed by atoms with E-state index in [1.807, 2.05) is 11.8 Å². The van der Waals surface area contributed by atoms with E-state index >= 15 is 0 Å². The van der Waals surface area contributed by atoms with Gasteiger partial charge in [0, 0.05) is 15.6 Å². The highest BCUT2D eigenvalue weighted by molar-refractivity contribution is 8.00. The maximum absolute atomic E-state index is 6.47. The Morgan fingerprint density at radius 3 is 2.71 bits per heavy atom. The molecule has 0 fully saturated rings. The van der Waals surface area contributed by atoms with Gasteiger partial charge in [-0.25, -0.2) is 0 Å². The van der Waals surface area contributed by atoms with E-state index < -0.39 is 0 Å². The summed E-state index contributed by atoms with van der Waals surface area (Å²) in [6.45, 7) is 2.53. The molecule has 3 aromatic carbocycles. The third kappa shape index (κ3) is 2.43. The zero-order valence-electron chi connectivity index (χ0n) is 15.6. The van der Waals surface area contributed by atoms with E-state index in [0.29, 0.717) is 12.5 Å². The van der Waals surface area contributed by atoms with Gasteiger partial charge in [0.2, 0.25) is 6.71 Å². The normalized spacial score (nSPS) is 21.2. The Balaban J connectivity index is 1.56. The van der Waals surface area contributed by atoms with Crippen molar-refractivity contribution in [2.45, 2.75) is 28.6 Å². The molecule has 28 heavy (non-hydrogen) atoms. The molecule has 1 nitrogen and oxygen atoms in total. The van der Waals surface area contributed by atoms with Crippen molar-refractivity contribution in [2.75, 3.05) is 0 Å². The average Bonchev–Trinajstić information content (AvgIpc) is 2.74. The van der Waals surface area contributed by atoms with E-state index in [-0.39, 0.29) is 6.10 Å². The molecule has 3 aliphatic rings. The molecular formula is C25H19BOS. The van der Waals surface area contributed by atoms with Crippen molar-refractivity contribution in [1.29, 1.82) is 0 Å². The summed E-state index contributed by atoms with van der Waals surface area (Å²) in [6, 6.07) is 24.1. The van der Waals surface area contributed by atoms with Gasteiger partial charge in [-0.2, -0.15) is 0 Å². The molecule has 2 atom stereocenters. The summed E-state index contributed by atoms with van der Waals surface area (Å²) in [5, 5.41) is 0. The first-order valence-electron chi connectivity index (χ1n) is 9.81. The van der Waals surface area contributed by atoms with Gasteiger partial charge in [-0.05, 0) is 47.8 Å². The van der Waals surface area contributed by atoms with Crippen LogP contribution in [0.3, 0.4) is 0 Å². The van der Waals surface area contributed by atoms with Crippen LogP contribution in [-0.4, -0.2) is 12.8 Å².